The van der Waals surface area contributed by atoms with Crippen LogP contribution in [0.1, 0.15) is 5.56 Å². The second-order valence-corrected chi connectivity index (χ2v) is 3.61. The van der Waals surface area contributed by atoms with Gasteiger partial charge in [0, 0.05) is 25.8 Å². The summed E-state index contributed by atoms with van der Waals surface area (Å²) in [5.74, 6) is -0.402. The molecule has 0 aliphatic carbocycles. The molecule has 2 N–H and O–H groups in total. The van der Waals surface area contributed by atoms with E-state index < -0.39 is 5.82 Å². The fraction of sp³-hybridized carbons (Fsp3) is 0.500. The molecule has 0 aliphatic rings. The first-order valence-corrected chi connectivity index (χ1v) is 5.47. The zero-order valence-electron chi connectivity index (χ0n) is 9.90. The molecular formula is C12H18FNO3. The molecule has 0 fully saturated rings. The SMILES string of the molecule is COCCN(CCO)c1c(F)cccc1CO. The minimum absolute atomic E-state index is 0.0804. The maximum Gasteiger partial charge on any atom is 0.146 e. The maximum atomic E-state index is 13.8. The molecule has 0 bridgehead atoms. The predicted octanol–water partition coefficient (Wildman–Crippen LogP) is 0.763. The van der Waals surface area contributed by atoms with Crippen molar-refractivity contribution in [1.82, 2.24) is 0 Å². The number of aliphatic hydroxyl groups is 2. The molecule has 0 radical (unpaired) electrons. The van der Waals surface area contributed by atoms with Crippen LogP contribution in [0, 0.1) is 5.82 Å². The average molecular weight is 243 g/mol. The fourth-order valence-corrected chi connectivity index (χ4v) is 1.70. The highest BCUT2D eigenvalue weighted by atomic mass is 19.1. The Labute approximate surface area is 100 Å². The number of benzene rings is 1. The molecule has 1 aromatic carbocycles. The van der Waals surface area contributed by atoms with Crippen molar-refractivity contribution in [2.75, 3.05) is 38.3 Å². The van der Waals surface area contributed by atoms with E-state index in [1.54, 1.807) is 24.1 Å². The standard InChI is InChI=1S/C12H18FNO3/c1-17-8-6-14(5-7-15)12-10(9-16)3-2-4-11(12)13/h2-4,15-16H,5-9H2,1H3. The Morgan fingerprint density at radius 2 is 2.06 bits per heavy atom. The van der Waals surface area contributed by atoms with E-state index in [2.05, 4.69) is 0 Å². The third kappa shape index (κ3) is 3.66. The molecule has 0 saturated carbocycles. The highest BCUT2D eigenvalue weighted by Crippen LogP contribution is 2.24. The third-order valence-corrected chi connectivity index (χ3v) is 2.49. The van der Waals surface area contributed by atoms with Gasteiger partial charge in [-0.15, -0.1) is 0 Å². The Bertz CT molecular complexity index is 347. The van der Waals surface area contributed by atoms with Crippen LogP contribution in [-0.2, 0) is 11.3 Å². The van der Waals surface area contributed by atoms with Crippen LogP contribution < -0.4 is 4.90 Å². The molecule has 0 amide bonds. The van der Waals surface area contributed by atoms with Gasteiger partial charge in [0.05, 0.1) is 25.5 Å². The van der Waals surface area contributed by atoms with Crippen molar-refractivity contribution in [2.24, 2.45) is 0 Å². The van der Waals surface area contributed by atoms with Crippen molar-refractivity contribution < 1.29 is 19.3 Å². The van der Waals surface area contributed by atoms with Crippen LogP contribution in [0.4, 0.5) is 10.1 Å². The first-order chi connectivity index (χ1) is 8.24. The molecule has 0 aromatic heterocycles. The monoisotopic (exact) mass is 243 g/mol. The van der Waals surface area contributed by atoms with E-state index in [4.69, 9.17) is 9.84 Å². The van der Waals surface area contributed by atoms with E-state index in [1.807, 2.05) is 0 Å². The van der Waals surface area contributed by atoms with Crippen LogP contribution in [0.3, 0.4) is 0 Å². The summed E-state index contributed by atoms with van der Waals surface area (Å²) < 4.78 is 18.7. The molecule has 1 aromatic rings. The zero-order chi connectivity index (χ0) is 12.7. The lowest BCUT2D eigenvalue weighted by atomic mass is 10.1. The number of aliphatic hydroxyl groups excluding tert-OH is 2. The lowest BCUT2D eigenvalue weighted by Gasteiger charge is -2.26. The van der Waals surface area contributed by atoms with E-state index in [9.17, 15) is 9.50 Å². The molecular weight excluding hydrogens is 225 g/mol. The molecule has 1 rings (SSSR count). The van der Waals surface area contributed by atoms with Gasteiger partial charge in [0.15, 0.2) is 0 Å². The number of rotatable bonds is 7. The summed E-state index contributed by atoms with van der Waals surface area (Å²) in [5.41, 5.74) is 0.843. The van der Waals surface area contributed by atoms with Gasteiger partial charge in [0.2, 0.25) is 0 Å². The Morgan fingerprint density at radius 3 is 2.65 bits per heavy atom. The Morgan fingerprint density at radius 1 is 1.29 bits per heavy atom. The van der Waals surface area contributed by atoms with E-state index in [1.165, 1.54) is 6.07 Å². The maximum absolute atomic E-state index is 13.8. The molecule has 0 saturated heterocycles. The van der Waals surface area contributed by atoms with E-state index in [0.29, 0.717) is 30.9 Å². The summed E-state index contributed by atoms with van der Waals surface area (Å²) in [6.07, 6.45) is 0. The van der Waals surface area contributed by atoms with E-state index >= 15 is 0 Å². The van der Waals surface area contributed by atoms with Crippen LogP contribution in [0.5, 0.6) is 0 Å². The minimum Gasteiger partial charge on any atom is -0.395 e. The van der Waals surface area contributed by atoms with Crippen LogP contribution >= 0.6 is 0 Å². The van der Waals surface area contributed by atoms with Gasteiger partial charge in [0.25, 0.3) is 0 Å². The predicted molar refractivity (Wildman–Crippen MR) is 63.5 cm³/mol. The lowest BCUT2D eigenvalue weighted by molar-refractivity contribution is 0.202. The first kappa shape index (κ1) is 13.9. The largest absolute Gasteiger partial charge is 0.395 e. The van der Waals surface area contributed by atoms with Crippen LogP contribution in [0.2, 0.25) is 0 Å². The Balaban J connectivity index is 2.98. The first-order valence-electron chi connectivity index (χ1n) is 5.47. The number of nitrogens with zero attached hydrogens (tertiary/aromatic N) is 1. The van der Waals surface area contributed by atoms with Crippen molar-refractivity contribution in [3.8, 4) is 0 Å². The summed E-state index contributed by atoms with van der Waals surface area (Å²) >= 11 is 0. The molecule has 4 nitrogen and oxygen atoms in total. The summed E-state index contributed by atoms with van der Waals surface area (Å²) in [5, 5.41) is 18.2. The molecule has 17 heavy (non-hydrogen) atoms. The van der Waals surface area contributed by atoms with Gasteiger partial charge in [-0.25, -0.2) is 4.39 Å². The summed E-state index contributed by atoms with van der Waals surface area (Å²) in [4.78, 5) is 1.67. The summed E-state index contributed by atoms with van der Waals surface area (Å²) in [7, 11) is 1.56. The summed E-state index contributed by atoms with van der Waals surface area (Å²) in [6, 6.07) is 4.55. The number of hydrogen-bond donors (Lipinski definition) is 2. The molecule has 0 aliphatic heterocycles. The number of methoxy groups -OCH3 is 1. The smallest absolute Gasteiger partial charge is 0.146 e. The minimum atomic E-state index is -0.402. The third-order valence-electron chi connectivity index (χ3n) is 2.49. The summed E-state index contributed by atoms with van der Waals surface area (Å²) in [6.45, 7) is 0.881. The highest BCUT2D eigenvalue weighted by Gasteiger charge is 2.15. The zero-order valence-corrected chi connectivity index (χ0v) is 9.90. The highest BCUT2D eigenvalue weighted by molar-refractivity contribution is 5.54. The second kappa shape index (κ2) is 7.21. The van der Waals surface area contributed by atoms with E-state index in [-0.39, 0.29) is 13.2 Å². The molecule has 0 atom stereocenters. The number of anilines is 1. The normalized spacial score (nSPS) is 10.6. The number of halogens is 1. The topological polar surface area (TPSA) is 52.9 Å². The Kier molecular flexibility index (Phi) is 5.90. The van der Waals surface area contributed by atoms with Crippen molar-refractivity contribution in [3.05, 3.63) is 29.6 Å². The molecule has 0 spiro atoms. The van der Waals surface area contributed by atoms with Crippen LogP contribution in [0.25, 0.3) is 0 Å². The van der Waals surface area contributed by atoms with Gasteiger partial charge in [0.1, 0.15) is 5.82 Å². The molecule has 0 heterocycles. The quantitative estimate of drug-likeness (QED) is 0.742. The number of para-hydroxylation sites is 1. The van der Waals surface area contributed by atoms with Gasteiger partial charge in [-0.05, 0) is 6.07 Å². The van der Waals surface area contributed by atoms with Gasteiger partial charge in [-0.1, -0.05) is 12.1 Å². The molecule has 0 unspecified atom stereocenters. The number of ether oxygens (including phenoxy) is 1. The van der Waals surface area contributed by atoms with Gasteiger partial charge < -0.3 is 19.8 Å². The van der Waals surface area contributed by atoms with Crippen molar-refractivity contribution in [1.29, 1.82) is 0 Å². The Hall–Kier alpha value is -1.17. The van der Waals surface area contributed by atoms with Crippen LogP contribution in [0.15, 0.2) is 18.2 Å². The second-order valence-electron chi connectivity index (χ2n) is 3.61. The van der Waals surface area contributed by atoms with Crippen molar-refractivity contribution in [3.63, 3.8) is 0 Å². The van der Waals surface area contributed by atoms with Crippen molar-refractivity contribution in [2.45, 2.75) is 6.61 Å². The molecule has 96 valence electrons. The molecule has 5 heteroatoms. The average Bonchev–Trinajstić information content (AvgIpc) is 2.34. The van der Waals surface area contributed by atoms with Crippen molar-refractivity contribution >= 4 is 5.69 Å². The van der Waals surface area contributed by atoms with Gasteiger partial charge in [-0.3, -0.25) is 0 Å². The van der Waals surface area contributed by atoms with Gasteiger partial charge in [-0.2, -0.15) is 0 Å². The van der Waals surface area contributed by atoms with Gasteiger partial charge >= 0.3 is 0 Å². The number of hydrogen-bond acceptors (Lipinski definition) is 4. The lowest BCUT2D eigenvalue weighted by Crippen LogP contribution is -2.31. The van der Waals surface area contributed by atoms with E-state index in [0.717, 1.165) is 0 Å². The van der Waals surface area contributed by atoms with Crippen LogP contribution in [-0.4, -0.2) is 43.6 Å². The fourth-order valence-electron chi connectivity index (χ4n) is 1.70.